The number of nitrogens with one attached hydrogen (secondary N) is 1. The number of nitrogens with zero attached hydrogens (tertiary/aromatic N) is 2. The van der Waals surface area contributed by atoms with Crippen molar-refractivity contribution in [1.82, 2.24) is 9.97 Å². The fourth-order valence-corrected chi connectivity index (χ4v) is 2.56. The molecule has 7 heteroatoms. The summed E-state index contributed by atoms with van der Waals surface area (Å²) in [7, 11) is 0. The van der Waals surface area contributed by atoms with Crippen LogP contribution in [0.3, 0.4) is 0 Å². The van der Waals surface area contributed by atoms with Gasteiger partial charge in [-0.15, -0.1) is 0 Å². The van der Waals surface area contributed by atoms with Gasteiger partial charge in [0.2, 0.25) is 0 Å². The molecular formula is C13H13N3O3S. The van der Waals surface area contributed by atoms with Crippen molar-refractivity contribution in [3.05, 3.63) is 40.7 Å². The van der Waals surface area contributed by atoms with E-state index in [2.05, 4.69) is 15.3 Å². The molecule has 0 aliphatic rings. The quantitative estimate of drug-likeness (QED) is 0.903. The van der Waals surface area contributed by atoms with Crippen LogP contribution in [-0.2, 0) is 0 Å². The van der Waals surface area contributed by atoms with E-state index in [0.29, 0.717) is 11.3 Å². The second-order valence-corrected chi connectivity index (χ2v) is 5.38. The number of hydrogen-bond donors (Lipinski definition) is 2. The number of aromatic nitrogens is 2. The maximum absolute atomic E-state index is 12.0. The summed E-state index contributed by atoms with van der Waals surface area (Å²) in [6.45, 7) is 3.71. The van der Waals surface area contributed by atoms with Gasteiger partial charge in [-0.2, -0.15) is 0 Å². The molecular weight excluding hydrogens is 278 g/mol. The van der Waals surface area contributed by atoms with Crippen LogP contribution < -0.4 is 5.32 Å². The molecule has 0 aliphatic heterocycles. The number of amides is 1. The smallest absolute Gasteiger partial charge is 0.347 e. The first-order valence-electron chi connectivity index (χ1n) is 5.94. The summed E-state index contributed by atoms with van der Waals surface area (Å²) in [5.74, 6) is -1.40. The number of carboxylic acid groups (broad SMARTS) is 1. The lowest BCUT2D eigenvalue weighted by molar-refractivity contribution is 0.0700. The summed E-state index contributed by atoms with van der Waals surface area (Å²) < 4.78 is 0. The highest BCUT2D eigenvalue weighted by Gasteiger charge is 2.20. The number of thiazole rings is 1. The minimum Gasteiger partial charge on any atom is -0.477 e. The van der Waals surface area contributed by atoms with Gasteiger partial charge in [0, 0.05) is 18.0 Å². The van der Waals surface area contributed by atoms with E-state index in [4.69, 9.17) is 5.11 Å². The molecule has 0 spiro atoms. The highest BCUT2D eigenvalue weighted by Crippen LogP contribution is 2.28. The number of pyridine rings is 1. The highest BCUT2D eigenvalue weighted by atomic mass is 32.1. The van der Waals surface area contributed by atoms with E-state index in [-0.39, 0.29) is 21.8 Å². The van der Waals surface area contributed by atoms with E-state index in [1.807, 2.05) is 13.8 Å². The van der Waals surface area contributed by atoms with Gasteiger partial charge in [0.15, 0.2) is 5.13 Å². The molecule has 0 atom stereocenters. The Labute approximate surface area is 119 Å². The zero-order valence-electron chi connectivity index (χ0n) is 11.0. The van der Waals surface area contributed by atoms with Gasteiger partial charge in [-0.05, 0) is 18.1 Å². The van der Waals surface area contributed by atoms with Crippen molar-refractivity contribution in [2.24, 2.45) is 0 Å². The molecule has 0 radical (unpaired) electrons. The molecule has 20 heavy (non-hydrogen) atoms. The monoisotopic (exact) mass is 291 g/mol. The first-order chi connectivity index (χ1) is 9.49. The van der Waals surface area contributed by atoms with Crippen molar-refractivity contribution in [3.8, 4) is 0 Å². The van der Waals surface area contributed by atoms with E-state index in [1.54, 1.807) is 12.1 Å². The number of hydrogen-bond acceptors (Lipinski definition) is 5. The number of aromatic carboxylic acids is 1. The van der Waals surface area contributed by atoms with Crippen LogP contribution in [0.15, 0.2) is 24.5 Å². The van der Waals surface area contributed by atoms with Crippen LogP contribution in [-0.4, -0.2) is 27.0 Å². The lowest BCUT2D eigenvalue weighted by Crippen LogP contribution is -2.11. The lowest BCUT2D eigenvalue weighted by atomic mass is 10.1. The molecule has 6 nitrogen and oxygen atoms in total. The minimum absolute atomic E-state index is 0.0241. The number of carboxylic acids is 1. The van der Waals surface area contributed by atoms with Gasteiger partial charge >= 0.3 is 5.97 Å². The Balaban J connectivity index is 2.24. The van der Waals surface area contributed by atoms with E-state index in [0.717, 1.165) is 11.3 Å². The first kappa shape index (κ1) is 14.1. The van der Waals surface area contributed by atoms with Gasteiger partial charge in [0.25, 0.3) is 5.91 Å². The minimum atomic E-state index is -1.03. The van der Waals surface area contributed by atoms with Gasteiger partial charge in [0.1, 0.15) is 4.88 Å². The molecule has 2 heterocycles. The average molecular weight is 291 g/mol. The Kier molecular flexibility index (Phi) is 4.09. The maximum Gasteiger partial charge on any atom is 0.347 e. The Morgan fingerprint density at radius 2 is 1.95 bits per heavy atom. The topological polar surface area (TPSA) is 92.2 Å². The molecule has 2 aromatic heterocycles. The Morgan fingerprint density at radius 1 is 1.30 bits per heavy atom. The lowest BCUT2D eigenvalue weighted by Gasteiger charge is -2.01. The van der Waals surface area contributed by atoms with Crippen LogP contribution in [0.5, 0.6) is 0 Å². The Hall–Kier alpha value is -2.28. The molecule has 104 valence electrons. The van der Waals surface area contributed by atoms with E-state index in [9.17, 15) is 9.59 Å². The van der Waals surface area contributed by atoms with Crippen molar-refractivity contribution in [3.63, 3.8) is 0 Å². The fourth-order valence-electron chi connectivity index (χ4n) is 1.60. The number of rotatable bonds is 4. The predicted octanol–water partition coefficient (Wildman–Crippen LogP) is 2.61. The molecule has 2 N–H and O–H groups in total. The van der Waals surface area contributed by atoms with Crippen LogP contribution in [0.2, 0.25) is 0 Å². The van der Waals surface area contributed by atoms with Crippen LogP contribution >= 0.6 is 11.3 Å². The third-order valence-electron chi connectivity index (χ3n) is 2.56. The van der Waals surface area contributed by atoms with Crippen LogP contribution in [0.4, 0.5) is 5.13 Å². The molecule has 0 fully saturated rings. The normalized spacial score (nSPS) is 10.6. The standard InChI is InChI=1S/C13H13N3O3S/c1-7(2)9-10(12(18)19)20-13(15-9)16-11(17)8-3-5-14-6-4-8/h3-7H,1-2H3,(H,18,19)(H,15,16,17). The van der Waals surface area contributed by atoms with E-state index in [1.165, 1.54) is 12.4 Å². The van der Waals surface area contributed by atoms with Crippen LogP contribution in [0.25, 0.3) is 0 Å². The predicted molar refractivity (Wildman–Crippen MR) is 75.4 cm³/mol. The van der Waals surface area contributed by atoms with Gasteiger partial charge in [0.05, 0.1) is 5.69 Å². The van der Waals surface area contributed by atoms with Gasteiger partial charge in [-0.3, -0.25) is 15.1 Å². The fraction of sp³-hybridized carbons (Fsp3) is 0.231. The summed E-state index contributed by atoms with van der Waals surface area (Å²) in [6.07, 6.45) is 3.03. The second kappa shape index (κ2) is 5.79. The SMILES string of the molecule is CC(C)c1nc(NC(=O)c2ccncc2)sc1C(=O)O. The number of anilines is 1. The number of carbonyl (C=O) groups is 2. The van der Waals surface area contributed by atoms with Crippen LogP contribution in [0, 0.1) is 0 Å². The Morgan fingerprint density at radius 3 is 2.45 bits per heavy atom. The van der Waals surface area contributed by atoms with Gasteiger partial charge in [-0.1, -0.05) is 25.2 Å². The molecule has 0 saturated heterocycles. The zero-order chi connectivity index (χ0) is 14.7. The molecule has 0 saturated carbocycles. The molecule has 0 aliphatic carbocycles. The largest absolute Gasteiger partial charge is 0.477 e. The third kappa shape index (κ3) is 3.00. The summed E-state index contributed by atoms with van der Waals surface area (Å²) in [5, 5.41) is 12.0. The van der Waals surface area contributed by atoms with Gasteiger partial charge < -0.3 is 5.11 Å². The molecule has 0 aromatic carbocycles. The Bertz CT molecular complexity index is 638. The molecule has 1 amide bonds. The summed E-state index contributed by atoms with van der Waals surface area (Å²) >= 11 is 0.961. The average Bonchev–Trinajstić information content (AvgIpc) is 2.84. The van der Waals surface area contributed by atoms with E-state index >= 15 is 0 Å². The highest BCUT2D eigenvalue weighted by molar-refractivity contribution is 7.17. The molecule has 0 bridgehead atoms. The van der Waals surface area contributed by atoms with Crippen molar-refractivity contribution in [2.45, 2.75) is 19.8 Å². The van der Waals surface area contributed by atoms with Crippen molar-refractivity contribution >= 4 is 28.3 Å². The zero-order valence-corrected chi connectivity index (χ0v) is 11.8. The van der Waals surface area contributed by atoms with Crippen molar-refractivity contribution in [2.75, 3.05) is 5.32 Å². The summed E-state index contributed by atoms with van der Waals surface area (Å²) in [5.41, 5.74) is 0.922. The van der Waals surface area contributed by atoms with E-state index < -0.39 is 5.97 Å². The van der Waals surface area contributed by atoms with Crippen LogP contribution in [0.1, 0.15) is 45.5 Å². The van der Waals surface area contributed by atoms with Gasteiger partial charge in [-0.25, -0.2) is 9.78 Å². The third-order valence-corrected chi connectivity index (χ3v) is 3.53. The summed E-state index contributed by atoms with van der Waals surface area (Å²) in [6, 6.07) is 3.15. The molecule has 0 unspecified atom stereocenters. The molecule has 2 rings (SSSR count). The second-order valence-electron chi connectivity index (χ2n) is 4.38. The van der Waals surface area contributed by atoms with Crippen molar-refractivity contribution in [1.29, 1.82) is 0 Å². The summed E-state index contributed by atoms with van der Waals surface area (Å²) in [4.78, 5) is 31.3. The first-order valence-corrected chi connectivity index (χ1v) is 6.76. The number of carbonyl (C=O) groups excluding carboxylic acids is 1. The molecule has 2 aromatic rings. The van der Waals surface area contributed by atoms with Crippen molar-refractivity contribution < 1.29 is 14.7 Å². The maximum atomic E-state index is 12.0.